The van der Waals surface area contributed by atoms with Gasteiger partial charge < -0.3 is 10.1 Å². The highest BCUT2D eigenvalue weighted by atomic mass is 16.6. The summed E-state index contributed by atoms with van der Waals surface area (Å²) in [6, 6.07) is 0.0954. The Morgan fingerprint density at radius 1 is 1.29 bits per heavy atom. The number of rotatable bonds is 6. The lowest BCUT2D eigenvalue weighted by molar-refractivity contribution is -0.137. The summed E-state index contributed by atoms with van der Waals surface area (Å²) < 4.78 is 9.68. The number of carbonyl (C=O) groups is 2. The molecule has 0 bridgehead atoms. The van der Waals surface area contributed by atoms with Gasteiger partial charge in [-0.1, -0.05) is 19.3 Å². The SMILES string of the molecule is CCOC(=O)/C=C(/C)Nc1nonc1N(C(C)=O)C1CCCCC1. The average molecular weight is 336 g/mol. The molecule has 1 aliphatic carbocycles. The Bertz CT molecular complexity index is 605. The van der Waals surface area contributed by atoms with Crippen LogP contribution < -0.4 is 10.2 Å². The maximum atomic E-state index is 12.1. The maximum absolute atomic E-state index is 12.1. The molecule has 0 atom stereocenters. The standard InChI is InChI=1S/C16H24N4O4/c1-4-23-14(22)10-11(2)17-15-16(19-24-18-15)20(12(3)21)13-8-6-5-7-9-13/h10,13H,4-9H2,1-3H3,(H,17,18)/b11-10-. The van der Waals surface area contributed by atoms with Crippen LogP contribution in [0.3, 0.4) is 0 Å². The summed E-state index contributed by atoms with van der Waals surface area (Å²) in [7, 11) is 0. The molecule has 8 nitrogen and oxygen atoms in total. The normalized spacial score (nSPS) is 15.9. The van der Waals surface area contributed by atoms with Crippen LogP contribution in [0.4, 0.5) is 11.6 Å². The Hall–Kier alpha value is -2.38. The molecule has 0 radical (unpaired) electrons. The van der Waals surface area contributed by atoms with Crippen molar-refractivity contribution in [2.45, 2.75) is 58.9 Å². The lowest BCUT2D eigenvalue weighted by atomic mass is 9.94. The summed E-state index contributed by atoms with van der Waals surface area (Å²) in [4.78, 5) is 25.3. The molecule has 2 rings (SSSR count). The van der Waals surface area contributed by atoms with E-state index >= 15 is 0 Å². The molecule has 1 aromatic rings. The second-order valence-corrected chi connectivity index (χ2v) is 5.82. The second kappa shape index (κ2) is 8.47. The zero-order valence-corrected chi connectivity index (χ0v) is 14.4. The van der Waals surface area contributed by atoms with Gasteiger partial charge in [-0.05, 0) is 37.0 Å². The highest BCUT2D eigenvalue weighted by molar-refractivity contribution is 5.94. The van der Waals surface area contributed by atoms with E-state index in [4.69, 9.17) is 9.37 Å². The first-order valence-corrected chi connectivity index (χ1v) is 8.27. The summed E-state index contributed by atoms with van der Waals surface area (Å²) in [6.07, 6.45) is 6.55. The Balaban J connectivity index is 2.17. The fraction of sp³-hybridized carbons (Fsp3) is 0.625. The molecule has 132 valence electrons. The van der Waals surface area contributed by atoms with Crippen LogP contribution in [0, 0.1) is 0 Å². The Kier molecular flexibility index (Phi) is 6.34. The molecule has 0 saturated heterocycles. The van der Waals surface area contributed by atoms with Crippen LogP contribution in [-0.2, 0) is 14.3 Å². The second-order valence-electron chi connectivity index (χ2n) is 5.82. The Morgan fingerprint density at radius 3 is 2.62 bits per heavy atom. The molecule has 1 N–H and O–H groups in total. The molecule has 1 amide bonds. The fourth-order valence-electron chi connectivity index (χ4n) is 2.92. The number of nitrogens with one attached hydrogen (secondary N) is 1. The average Bonchev–Trinajstić information content (AvgIpc) is 2.96. The molecule has 0 aliphatic heterocycles. The van der Waals surface area contributed by atoms with Crippen LogP contribution in [-0.4, -0.2) is 34.8 Å². The molecule has 1 saturated carbocycles. The number of nitrogens with zero attached hydrogens (tertiary/aromatic N) is 3. The predicted molar refractivity (Wildman–Crippen MR) is 88.3 cm³/mol. The Labute approximate surface area is 141 Å². The third-order valence-corrected chi connectivity index (χ3v) is 3.92. The first-order chi connectivity index (χ1) is 11.5. The number of allylic oxidation sites excluding steroid dienone is 1. The first kappa shape index (κ1) is 18.0. The van der Waals surface area contributed by atoms with Crippen molar-refractivity contribution in [1.82, 2.24) is 10.3 Å². The van der Waals surface area contributed by atoms with Gasteiger partial charge in [0.05, 0.1) is 6.61 Å². The van der Waals surface area contributed by atoms with E-state index in [9.17, 15) is 9.59 Å². The number of hydrogen-bond acceptors (Lipinski definition) is 7. The van der Waals surface area contributed by atoms with Gasteiger partial charge in [0.15, 0.2) is 0 Å². The van der Waals surface area contributed by atoms with Gasteiger partial charge in [0.2, 0.25) is 17.5 Å². The van der Waals surface area contributed by atoms with E-state index in [1.165, 1.54) is 19.4 Å². The monoisotopic (exact) mass is 336 g/mol. The third-order valence-electron chi connectivity index (χ3n) is 3.92. The van der Waals surface area contributed by atoms with Crippen molar-refractivity contribution < 1.29 is 19.0 Å². The van der Waals surface area contributed by atoms with Gasteiger partial charge in [0, 0.05) is 24.7 Å². The Morgan fingerprint density at radius 2 is 2.00 bits per heavy atom. The molecule has 1 fully saturated rings. The van der Waals surface area contributed by atoms with Crippen LogP contribution in [0.2, 0.25) is 0 Å². The van der Waals surface area contributed by atoms with Crippen molar-refractivity contribution in [1.29, 1.82) is 0 Å². The van der Waals surface area contributed by atoms with Crippen molar-refractivity contribution in [2.24, 2.45) is 0 Å². The molecule has 24 heavy (non-hydrogen) atoms. The van der Waals surface area contributed by atoms with Crippen molar-refractivity contribution in [2.75, 3.05) is 16.8 Å². The summed E-state index contributed by atoms with van der Waals surface area (Å²) >= 11 is 0. The molecule has 1 heterocycles. The maximum Gasteiger partial charge on any atom is 0.332 e. The van der Waals surface area contributed by atoms with Crippen molar-refractivity contribution >= 4 is 23.5 Å². The number of hydrogen-bond donors (Lipinski definition) is 1. The molecular formula is C16H24N4O4. The predicted octanol–water partition coefficient (Wildman–Crippen LogP) is 2.63. The highest BCUT2D eigenvalue weighted by Crippen LogP contribution is 2.30. The number of aromatic nitrogens is 2. The van der Waals surface area contributed by atoms with Crippen LogP contribution in [0.1, 0.15) is 52.9 Å². The largest absolute Gasteiger partial charge is 0.463 e. The quantitative estimate of drug-likeness (QED) is 0.630. The molecular weight excluding hydrogens is 312 g/mol. The van der Waals surface area contributed by atoms with Gasteiger partial charge in [-0.2, -0.15) is 0 Å². The summed E-state index contributed by atoms with van der Waals surface area (Å²) in [5, 5.41) is 10.7. The summed E-state index contributed by atoms with van der Waals surface area (Å²) in [5.74, 6) is 0.115. The van der Waals surface area contributed by atoms with Crippen LogP contribution >= 0.6 is 0 Å². The third kappa shape index (κ3) is 4.56. The van der Waals surface area contributed by atoms with Gasteiger partial charge in [-0.15, -0.1) is 0 Å². The lowest BCUT2D eigenvalue weighted by Gasteiger charge is -2.31. The minimum absolute atomic E-state index is 0.0954. The molecule has 0 aromatic carbocycles. The topological polar surface area (TPSA) is 97.6 Å². The van der Waals surface area contributed by atoms with Crippen molar-refractivity contribution in [3.05, 3.63) is 11.8 Å². The smallest absolute Gasteiger partial charge is 0.332 e. The van der Waals surface area contributed by atoms with E-state index in [0.29, 0.717) is 23.9 Å². The van der Waals surface area contributed by atoms with Gasteiger partial charge in [0.1, 0.15) is 0 Å². The molecule has 1 aliphatic rings. The van der Waals surface area contributed by atoms with E-state index < -0.39 is 5.97 Å². The zero-order valence-electron chi connectivity index (χ0n) is 14.4. The molecule has 8 heteroatoms. The van der Waals surface area contributed by atoms with E-state index in [-0.39, 0.29) is 11.9 Å². The van der Waals surface area contributed by atoms with Crippen molar-refractivity contribution in [3.8, 4) is 0 Å². The zero-order chi connectivity index (χ0) is 17.5. The van der Waals surface area contributed by atoms with E-state index in [1.807, 2.05) is 0 Å². The minimum atomic E-state index is -0.448. The molecule has 0 spiro atoms. The van der Waals surface area contributed by atoms with E-state index in [1.54, 1.807) is 18.7 Å². The van der Waals surface area contributed by atoms with Gasteiger partial charge in [-0.3, -0.25) is 9.69 Å². The fourth-order valence-corrected chi connectivity index (χ4v) is 2.92. The minimum Gasteiger partial charge on any atom is -0.463 e. The summed E-state index contributed by atoms with van der Waals surface area (Å²) in [6.45, 7) is 5.25. The van der Waals surface area contributed by atoms with Crippen LogP contribution in [0.5, 0.6) is 0 Å². The van der Waals surface area contributed by atoms with Gasteiger partial charge in [0.25, 0.3) is 0 Å². The number of amides is 1. The van der Waals surface area contributed by atoms with Gasteiger partial charge in [-0.25, -0.2) is 9.42 Å². The number of carbonyl (C=O) groups excluding carboxylic acids is 2. The molecule has 0 unspecified atom stereocenters. The highest BCUT2D eigenvalue weighted by Gasteiger charge is 2.29. The number of ether oxygens (including phenoxy) is 1. The van der Waals surface area contributed by atoms with Crippen molar-refractivity contribution in [3.63, 3.8) is 0 Å². The number of esters is 1. The summed E-state index contributed by atoms with van der Waals surface area (Å²) in [5.41, 5.74) is 0.526. The lowest BCUT2D eigenvalue weighted by Crippen LogP contribution is -2.41. The number of anilines is 2. The van der Waals surface area contributed by atoms with Crippen LogP contribution in [0.15, 0.2) is 16.4 Å². The van der Waals surface area contributed by atoms with Crippen LogP contribution in [0.25, 0.3) is 0 Å². The first-order valence-electron chi connectivity index (χ1n) is 8.27. The van der Waals surface area contributed by atoms with Gasteiger partial charge >= 0.3 is 5.97 Å². The van der Waals surface area contributed by atoms with E-state index in [0.717, 1.165) is 25.7 Å². The molecule has 1 aromatic heterocycles. The van der Waals surface area contributed by atoms with E-state index in [2.05, 4.69) is 15.6 Å².